The molecule has 1 unspecified atom stereocenters. The number of anilines is 1. The van der Waals surface area contributed by atoms with Crippen LogP contribution in [0.2, 0.25) is 0 Å². The maximum atomic E-state index is 13.0. The lowest BCUT2D eigenvalue weighted by Gasteiger charge is -2.31. The molecule has 0 saturated heterocycles. The van der Waals surface area contributed by atoms with Gasteiger partial charge in [-0.05, 0) is 16.8 Å². The summed E-state index contributed by atoms with van der Waals surface area (Å²) >= 11 is 1.39. The monoisotopic (exact) mass is 391 g/mol. The van der Waals surface area contributed by atoms with E-state index in [-0.39, 0.29) is 11.5 Å². The predicted octanol–water partition coefficient (Wildman–Crippen LogP) is 2.92. The molecule has 0 saturated carbocycles. The fraction of sp³-hybridized carbons (Fsp3) is 0.143. The first-order chi connectivity index (χ1) is 13.6. The molecule has 3 aromatic rings. The first-order valence-electron chi connectivity index (χ1n) is 8.86. The molecule has 1 aliphatic rings. The molecule has 0 aliphatic carbocycles. The molecule has 0 radical (unpaired) electrons. The zero-order valence-corrected chi connectivity index (χ0v) is 16.1. The van der Waals surface area contributed by atoms with Crippen molar-refractivity contribution in [3.05, 3.63) is 83.2 Å². The summed E-state index contributed by atoms with van der Waals surface area (Å²) in [5.41, 5.74) is 2.45. The lowest BCUT2D eigenvalue weighted by atomic mass is 10.0. The van der Waals surface area contributed by atoms with Gasteiger partial charge in [-0.3, -0.25) is 14.6 Å². The quantitative estimate of drug-likeness (QED) is 0.422. The number of carbonyl (C=O) groups excluding carboxylic acids is 1. The average molecular weight is 391 g/mol. The molecule has 2 heterocycles. The summed E-state index contributed by atoms with van der Waals surface area (Å²) in [6.07, 6.45) is 1.20. The van der Waals surface area contributed by atoms with Gasteiger partial charge in [0.25, 0.3) is 6.17 Å². The van der Waals surface area contributed by atoms with E-state index in [2.05, 4.69) is 16.7 Å². The molecule has 28 heavy (non-hydrogen) atoms. The zero-order valence-electron chi connectivity index (χ0n) is 15.3. The molecule has 140 valence electrons. The van der Waals surface area contributed by atoms with Crippen LogP contribution in [0, 0.1) is 0 Å². The van der Waals surface area contributed by atoms with Crippen molar-refractivity contribution < 1.29 is 9.48 Å². The molecule has 1 aliphatic heterocycles. The van der Waals surface area contributed by atoms with E-state index in [0.29, 0.717) is 27.9 Å². The van der Waals surface area contributed by atoms with E-state index in [4.69, 9.17) is 0 Å². The highest BCUT2D eigenvalue weighted by molar-refractivity contribution is 7.99. The first-order valence-corrected chi connectivity index (χ1v) is 9.84. The van der Waals surface area contributed by atoms with Crippen molar-refractivity contribution in [3.63, 3.8) is 0 Å². The van der Waals surface area contributed by atoms with Gasteiger partial charge in [0.15, 0.2) is 0 Å². The normalized spacial score (nSPS) is 14.9. The van der Waals surface area contributed by atoms with Gasteiger partial charge >= 0.3 is 11.3 Å². The number of aromatic amines is 1. The molecule has 4 rings (SSSR count). The number of rotatable bonds is 4. The van der Waals surface area contributed by atoms with Gasteiger partial charge in [-0.1, -0.05) is 60.3 Å². The molecule has 0 spiro atoms. The minimum Gasteiger partial charge on any atom is -0.291 e. The van der Waals surface area contributed by atoms with Crippen molar-refractivity contribution in [1.29, 1.82) is 0 Å². The zero-order chi connectivity index (χ0) is 19.7. The van der Waals surface area contributed by atoms with Crippen molar-refractivity contribution in [2.75, 3.05) is 10.7 Å². The maximum Gasteiger partial charge on any atom is 0.325 e. The Bertz CT molecular complexity index is 1110. The Labute approximate surface area is 166 Å². The van der Waals surface area contributed by atoms with Crippen LogP contribution in [0.5, 0.6) is 0 Å². The lowest BCUT2D eigenvalue weighted by Crippen LogP contribution is -2.60. The topological polar surface area (TPSA) is 69.9 Å². The summed E-state index contributed by atoms with van der Waals surface area (Å²) in [6.45, 7) is 5.24. The highest BCUT2D eigenvalue weighted by Crippen LogP contribution is 2.37. The van der Waals surface area contributed by atoms with Gasteiger partial charge in [-0.2, -0.15) is 0 Å². The van der Waals surface area contributed by atoms with E-state index in [0.717, 1.165) is 5.56 Å². The Morgan fingerprint density at radius 2 is 1.96 bits per heavy atom. The number of amides is 1. The maximum absolute atomic E-state index is 13.0. The number of thioether (sulfide) groups is 1. The van der Waals surface area contributed by atoms with Gasteiger partial charge in [-0.15, -0.1) is 6.58 Å². The van der Waals surface area contributed by atoms with Crippen molar-refractivity contribution in [2.45, 2.75) is 18.2 Å². The van der Waals surface area contributed by atoms with Crippen LogP contribution in [0.25, 0.3) is 11.3 Å². The van der Waals surface area contributed by atoms with E-state index in [1.807, 2.05) is 54.6 Å². The standard InChI is InChI=1S/C21H18N4O2S/c1-3-13-28-21-22-19(27)18-16-11-7-8-12-17(16)24(14(2)26)20(25(18)23-21)15-9-5-4-6-10-15/h3-12,20H,1,13H2,2H3/p+1. The van der Waals surface area contributed by atoms with Crippen molar-refractivity contribution in [3.8, 4) is 11.3 Å². The fourth-order valence-electron chi connectivity index (χ4n) is 3.44. The Hall–Kier alpha value is -3.19. The average Bonchev–Trinajstić information content (AvgIpc) is 2.71. The van der Waals surface area contributed by atoms with Crippen LogP contribution in [-0.4, -0.2) is 21.7 Å². The summed E-state index contributed by atoms with van der Waals surface area (Å²) in [6, 6.07) is 17.0. The molecule has 0 fully saturated rings. The van der Waals surface area contributed by atoms with Gasteiger partial charge in [0.05, 0.1) is 11.3 Å². The molecule has 1 aromatic heterocycles. The second kappa shape index (κ2) is 7.44. The van der Waals surface area contributed by atoms with Crippen molar-refractivity contribution in [2.24, 2.45) is 0 Å². The number of fused-ring (bicyclic) bond motifs is 3. The number of aromatic nitrogens is 3. The Balaban J connectivity index is 2.03. The van der Waals surface area contributed by atoms with Crippen molar-refractivity contribution in [1.82, 2.24) is 10.1 Å². The Kier molecular flexibility index (Phi) is 4.83. The van der Waals surface area contributed by atoms with Crippen molar-refractivity contribution >= 4 is 23.4 Å². The van der Waals surface area contributed by atoms with Gasteiger partial charge < -0.3 is 0 Å². The third kappa shape index (κ3) is 3.03. The summed E-state index contributed by atoms with van der Waals surface area (Å²) in [5, 5.41) is 5.17. The van der Waals surface area contributed by atoms with Crippen LogP contribution in [0.4, 0.5) is 5.69 Å². The fourth-order valence-corrected chi connectivity index (χ4v) is 4.03. The number of benzene rings is 2. The van der Waals surface area contributed by atoms with E-state index < -0.39 is 6.17 Å². The van der Waals surface area contributed by atoms with Gasteiger partial charge in [0.2, 0.25) is 11.1 Å². The van der Waals surface area contributed by atoms with E-state index in [1.54, 1.807) is 15.7 Å². The smallest absolute Gasteiger partial charge is 0.291 e. The summed E-state index contributed by atoms with van der Waals surface area (Å²) in [7, 11) is 0. The molecule has 1 atom stereocenters. The molecular weight excluding hydrogens is 372 g/mol. The minimum atomic E-state index is -0.547. The highest BCUT2D eigenvalue weighted by Gasteiger charge is 2.44. The molecule has 0 bridgehead atoms. The van der Waals surface area contributed by atoms with Gasteiger partial charge in [0, 0.05) is 23.3 Å². The molecule has 1 amide bonds. The van der Waals surface area contributed by atoms with Crippen LogP contribution in [-0.2, 0) is 4.79 Å². The SMILES string of the molecule is C=CCSc1n[n+]2c(c(=O)[nH]1)-c1ccccc1N(C(C)=O)C2c1ccccc1. The number of para-hydroxylation sites is 1. The molecular formula is C21H19N4O2S+. The van der Waals surface area contributed by atoms with Crippen LogP contribution in [0.15, 0.2) is 77.2 Å². The second-order valence-corrected chi connectivity index (χ2v) is 7.35. The Morgan fingerprint density at radius 1 is 1.25 bits per heavy atom. The number of hydrogen-bond acceptors (Lipinski definition) is 4. The van der Waals surface area contributed by atoms with E-state index in [9.17, 15) is 9.59 Å². The second-order valence-electron chi connectivity index (χ2n) is 6.34. The molecule has 1 N–H and O–H groups in total. The van der Waals surface area contributed by atoms with Crippen LogP contribution in [0.1, 0.15) is 18.7 Å². The molecule has 6 nitrogen and oxygen atoms in total. The summed E-state index contributed by atoms with van der Waals surface area (Å²) in [5.74, 6) is 0.493. The van der Waals surface area contributed by atoms with Crippen LogP contribution in [0.3, 0.4) is 0 Å². The van der Waals surface area contributed by atoms with Crippen LogP contribution < -0.4 is 15.1 Å². The van der Waals surface area contributed by atoms with E-state index in [1.165, 1.54) is 18.7 Å². The summed E-state index contributed by atoms with van der Waals surface area (Å²) in [4.78, 5) is 30.2. The number of nitrogens with one attached hydrogen (secondary N) is 1. The minimum absolute atomic E-state index is 0.123. The largest absolute Gasteiger partial charge is 0.325 e. The number of H-pyrrole nitrogens is 1. The van der Waals surface area contributed by atoms with Gasteiger partial charge in [-0.25, -0.2) is 4.90 Å². The molecule has 2 aromatic carbocycles. The first kappa shape index (κ1) is 18.2. The van der Waals surface area contributed by atoms with Gasteiger partial charge in [0.1, 0.15) is 0 Å². The third-order valence-electron chi connectivity index (χ3n) is 4.53. The summed E-state index contributed by atoms with van der Waals surface area (Å²) < 4.78 is 1.66. The van der Waals surface area contributed by atoms with Crippen LogP contribution >= 0.6 is 11.8 Å². The predicted molar refractivity (Wildman–Crippen MR) is 109 cm³/mol. The molecule has 7 heteroatoms. The number of nitrogens with zero attached hydrogens (tertiary/aromatic N) is 3. The third-order valence-corrected chi connectivity index (χ3v) is 5.39. The Morgan fingerprint density at radius 3 is 2.68 bits per heavy atom. The number of carbonyl (C=O) groups is 1. The number of hydrogen-bond donors (Lipinski definition) is 1. The van der Waals surface area contributed by atoms with E-state index >= 15 is 0 Å². The highest BCUT2D eigenvalue weighted by atomic mass is 32.2. The lowest BCUT2D eigenvalue weighted by molar-refractivity contribution is -0.763.